The standard InChI is InChI=1S/C12H20O3/c1-5-7-12(4)8-11(3,6-2)9(13)15-10(12)14/h5-8H2,1-4H3. The summed E-state index contributed by atoms with van der Waals surface area (Å²) in [4.78, 5) is 23.3. The minimum Gasteiger partial charge on any atom is -0.392 e. The van der Waals surface area contributed by atoms with Crippen molar-refractivity contribution in [2.45, 2.75) is 53.4 Å². The first-order chi connectivity index (χ1) is 6.88. The molecule has 86 valence electrons. The lowest BCUT2D eigenvalue weighted by atomic mass is 9.68. The molecule has 0 bridgehead atoms. The van der Waals surface area contributed by atoms with Gasteiger partial charge in [-0.05, 0) is 33.1 Å². The van der Waals surface area contributed by atoms with Crippen LogP contribution in [0.2, 0.25) is 0 Å². The predicted octanol–water partition coefficient (Wildman–Crippen LogP) is 2.68. The molecule has 0 aliphatic carbocycles. The summed E-state index contributed by atoms with van der Waals surface area (Å²) in [6.07, 6.45) is 3.05. The van der Waals surface area contributed by atoms with E-state index in [4.69, 9.17) is 4.74 Å². The Kier molecular flexibility index (Phi) is 3.22. The first-order valence-electron chi connectivity index (χ1n) is 5.64. The number of carbonyl (C=O) groups is 2. The Bertz CT molecular complexity index is 285. The lowest BCUT2D eigenvalue weighted by Crippen LogP contribution is -2.47. The van der Waals surface area contributed by atoms with Gasteiger partial charge in [0.25, 0.3) is 0 Å². The molecule has 0 amide bonds. The molecule has 15 heavy (non-hydrogen) atoms. The Morgan fingerprint density at radius 1 is 1.13 bits per heavy atom. The fraction of sp³-hybridized carbons (Fsp3) is 0.833. The third-order valence-corrected chi connectivity index (χ3v) is 3.53. The summed E-state index contributed by atoms with van der Waals surface area (Å²) < 4.78 is 4.88. The molecule has 0 spiro atoms. The average Bonchev–Trinajstić information content (AvgIpc) is 2.15. The molecule has 0 aromatic heterocycles. The van der Waals surface area contributed by atoms with Crippen LogP contribution in [0.1, 0.15) is 53.4 Å². The smallest absolute Gasteiger partial charge is 0.319 e. The van der Waals surface area contributed by atoms with E-state index < -0.39 is 10.8 Å². The number of cyclic esters (lactones) is 2. The summed E-state index contributed by atoms with van der Waals surface area (Å²) in [5.74, 6) is -0.705. The number of hydrogen-bond acceptors (Lipinski definition) is 3. The van der Waals surface area contributed by atoms with Crippen LogP contribution in [0.5, 0.6) is 0 Å². The van der Waals surface area contributed by atoms with Gasteiger partial charge in [-0.2, -0.15) is 0 Å². The molecule has 0 saturated carbocycles. The monoisotopic (exact) mass is 212 g/mol. The van der Waals surface area contributed by atoms with Crippen LogP contribution >= 0.6 is 0 Å². The van der Waals surface area contributed by atoms with E-state index in [1.807, 2.05) is 27.7 Å². The predicted molar refractivity (Wildman–Crippen MR) is 57.1 cm³/mol. The number of rotatable bonds is 3. The molecule has 1 aliphatic heterocycles. The van der Waals surface area contributed by atoms with Gasteiger partial charge in [0.15, 0.2) is 0 Å². The molecular weight excluding hydrogens is 192 g/mol. The van der Waals surface area contributed by atoms with E-state index >= 15 is 0 Å². The fourth-order valence-electron chi connectivity index (χ4n) is 2.35. The molecule has 0 aromatic carbocycles. The van der Waals surface area contributed by atoms with Crippen molar-refractivity contribution >= 4 is 11.9 Å². The molecule has 3 nitrogen and oxygen atoms in total. The average molecular weight is 212 g/mol. The van der Waals surface area contributed by atoms with Crippen molar-refractivity contribution in [2.75, 3.05) is 0 Å². The molecule has 0 aromatic rings. The van der Waals surface area contributed by atoms with Gasteiger partial charge in [0.1, 0.15) is 0 Å². The maximum absolute atomic E-state index is 11.7. The summed E-state index contributed by atoms with van der Waals surface area (Å²) in [6.45, 7) is 7.79. The Morgan fingerprint density at radius 2 is 1.67 bits per heavy atom. The zero-order valence-corrected chi connectivity index (χ0v) is 10.1. The zero-order valence-electron chi connectivity index (χ0n) is 10.1. The van der Waals surface area contributed by atoms with Crippen molar-refractivity contribution in [3.05, 3.63) is 0 Å². The Morgan fingerprint density at radius 3 is 2.13 bits per heavy atom. The molecule has 0 radical (unpaired) electrons. The molecule has 1 heterocycles. The van der Waals surface area contributed by atoms with Gasteiger partial charge in [-0.15, -0.1) is 0 Å². The van der Waals surface area contributed by atoms with Crippen LogP contribution in [0.25, 0.3) is 0 Å². The summed E-state index contributed by atoms with van der Waals surface area (Å²) in [5.41, 5.74) is -0.967. The van der Waals surface area contributed by atoms with E-state index in [-0.39, 0.29) is 11.9 Å². The van der Waals surface area contributed by atoms with Crippen molar-refractivity contribution in [3.8, 4) is 0 Å². The molecule has 0 N–H and O–H groups in total. The summed E-state index contributed by atoms with van der Waals surface area (Å²) in [7, 11) is 0. The lowest BCUT2D eigenvalue weighted by Gasteiger charge is -2.40. The van der Waals surface area contributed by atoms with E-state index in [0.717, 1.165) is 19.3 Å². The van der Waals surface area contributed by atoms with E-state index in [1.165, 1.54) is 0 Å². The highest BCUT2D eigenvalue weighted by molar-refractivity contribution is 5.94. The number of carbonyl (C=O) groups excluding carboxylic acids is 2. The zero-order chi connectivity index (χ0) is 11.7. The molecule has 1 aliphatic rings. The second-order valence-electron chi connectivity index (χ2n) is 5.08. The Balaban J connectivity index is 2.94. The van der Waals surface area contributed by atoms with Gasteiger partial charge in [0, 0.05) is 0 Å². The second kappa shape index (κ2) is 3.95. The van der Waals surface area contributed by atoms with Crippen LogP contribution in [0, 0.1) is 10.8 Å². The molecule has 3 heteroatoms. The van der Waals surface area contributed by atoms with Gasteiger partial charge in [0.05, 0.1) is 10.8 Å². The van der Waals surface area contributed by atoms with E-state index in [9.17, 15) is 9.59 Å². The van der Waals surface area contributed by atoms with Crippen molar-refractivity contribution < 1.29 is 14.3 Å². The Labute approximate surface area is 91.2 Å². The third-order valence-electron chi connectivity index (χ3n) is 3.53. The van der Waals surface area contributed by atoms with Crippen LogP contribution in [0.3, 0.4) is 0 Å². The molecule has 1 fully saturated rings. The van der Waals surface area contributed by atoms with Crippen LogP contribution in [0.4, 0.5) is 0 Å². The fourth-order valence-corrected chi connectivity index (χ4v) is 2.35. The Hall–Kier alpha value is -0.860. The molecular formula is C12H20O3. The summed E-state index contributed by atoms with van der Waals surface area (Å²) >= 11 is 0. The number of ether oxygens (including phenoxy) is 1. The SMILES string of the molecule is CCCC1(C)CC(C)(CC)C(=O)OC1=O. The normalized spacial score (nSPS) is 36.5. The van der Waals surface area contributed by atoms with E-state index in [0.29, 0.717) is 6.42 Å². The molecule has 2 atom stereocenters. The number of hydrogen-bond donors (Lipinski definition) is 0. The van der Waals surface area contributed by atoms with Gasteiger partial charge < -0.3 is 4.74 Å². The lowest BCUT2D eigenvalue weighted by molar-refractivity contribution is -0.185. The molecule has 1 rings (SSSR count). The minimum atomic E-state index is -0.488. The largest absolute Gasteiger partial charge is 0.392 e. The number of esters is 2. The van der Waals surface area contributed by atoms with Crippen molar-refractivity contribution in [1.82, 2.24) is 0 Å². The summed E-state index contributed by atoms with van der Waals surface area (Å²) in [5, 5.41) is 0. The highest BCUT2D eigenvalue weighted by Crippen LogP contribution is 2.45. The van der Waals surface area contributed by atoms with E-state index in [2.05, 4.69) is 0 Å². The quantitative estimate of drug-likeness (QED) is 0.533. The second-order valence-corrected chi connectivity index (χ2v) is 5.08. The highest BCUT2D eigenvalue weighted by Gasteiger charge is 2.50. The maximum Gasteiger partial charge on any atom is 0.319 e. The van der Waals surface area contributed by atoms with Crippen molar-refractivity contribution in [3.63, 3.8) is 0 Å². The van der Waals surface area contributed by atoms with Crippen LogP contribution in [-0.2, 0) is 14.3 Å². The first kappa shape index (κ1) is 12.2. The van der Waals surface area contributed by atoms with E-state index in [1.54, 1.807) is 0 Å². The van der Waals surface area contributed by atoms with Gasteiger partial charge in [-0.1, -0.05) is 20.3 Å². The maximum atomic E-state index is 11.7. The van der Waals surface area contributed by atoms with Gasteiger partial charge in [-0.25, -0.2) is 0 Å². The van der Waals surface area contributed by atoms with Crippen molar-refractivity contribution in [1.29, 1.82) is 0 Å². The van der Waals surface area contributed by atoms with Crippen LogP contribution in [0.15, 0.2) is 0 Å². The highest BCUT2D eigenvalue weighted by atomic mass is 16.6. The minimum absolute atomic E-state index is 0.347. The topological polar surface area (TPSA) is 43.4 Å². The first-order valence-corrected chi connectivity index (χ1v) is 5.64. The van der Waals surface area contributed by atoms with Crippen LogP contribution in [-0.4, -0.2) is 11.9 Å². The third kappa shape index (κ3) is 2.06. The van der Waals surface area contributed by atoms with Gasteiger partial charge >= 0.3 is 11.9 Å². The molecule has 2 unspecified atom stereocenters. The van der Waals surface area contributed by atoms with Gasteiger partial charge in [0.2, 0.25) is 0 Å². The van der Waals surface area contributed by atoms with Crippen LogP contribution < -0.4 is 0 Å². The van der Waals surface area contributed by atoms with Crippen molar-refractivity contribution in [2.24, 2.45) is 10.8 Å². The molecule has 1 saturated heterocycles. The van der Waals surface area contributed by atoms with Gasteiger partial charge in [-0.3, -0.25) is 9.59 Å². The summed E-state index contributed by atoms with van der Waals surface area (Å²) in [6, 6.07) is 0.